The number of benzene rings is 2. The largest absolute Gasteiger partial charge is 0.508 e. The van der Waals surface area contributed by atoms with E-state index >= 15 is 0 Å². The molecule has 6 N–H and O–H groups in total. The van der Waals surface area contributed by atoms with E-state index in [1.807, 2.05) is 26.0 Å². The number of carbonyl (C=O) groups excluding carboxylic acids is 1. The molecule has 0 fully saturated rings. The molecule has 7 heteroatoms. The summed E-state index contributed by atoms with van der Waals surface area (Å²) in [5.74, 6) is -2.24. The highest BCUT2D eigenvalue weighted by atomic mass is 16.3. The third-order valence-corrected chi connectivity index (χ3v) is 5.04. The smallest absolute Gasteiger partial charge is 0.284 e. The molecular weight excluding hydrogens is 356 g/mol. The molecule has 0 radical (unpaired) electrons. The van der Waals surface area contributed by atoms with Crippen molar-refractivity contribution < 1.29 is 15.0 Å². The van der Waals surface area contributed by atoms with Gasteiger partial charge in [-0.1, -0.05) is 19.9 Å². The second-order valence-corrected chi connectivity index (χ2v) is 7.29. The van der Waals surface area contributed by atoms with E-state index in [-0.39, 0.29) is 28.8 Å². The Hall–Kier alpha value is -3.35. The molecule has 3 rings (SSSR count). The second-order valence-electron chi connectivity index (χ2n) is 7.29. The molecule has 0 saturated carbocycles. The van der Waals surface area contributed by atoms with Crippen LogP contribution in [0.2, 0.25) is 0 Å². The van der Waals surface area contributed by atoms with Crippen molar-refractivity contribution in [3.8, 4) is 11.5 Å². The van der Waals surface area contributed by atoms with Crippen LogP contribution in [0.3, 0.4) is 0 Å². The highest BCUT2D eigenvalue weighted by molar-refractivity contribution is 6.47. The van der Waals surface area contributed by atoms with Crippen LogP contribution in [0.15, 0.2) is 30.3 Å². The summed E-state index contributed by atoms with van der Waals surface area (Å²) in [7, 11) is 0. The summed E-state index contributed by atoms with van der Waals surface area (Å²) in [4.78, 5) is 12.9. The highest BCUT2D eigenvalue weighted by Crippen LogP contribution is 2.34. The van der Waals surface area contributed by atoms with Crippen molar-refractivity contribution in [3.05, 3.63) is 52.6 Å². The van der Waals surface area contributed by atoms with E-state index in [4.69, 9.17) is 16.6 Å². The van der Waals surface area contributed by atoms with Crippen LogP contribution >= 0.6 is 0 Å². The van der Waals surface area contributed by atoms with E-state index in [1.54, 1.807) is 6.07 Å². The average molecular weight is 380 g/mol. The lowest BCUT2D eigenvalue weighted by Gasteiger charge is -2.26. The first-order valence-corrected chi connectivity index (χ1v) is 9.15. The topological polar surface area (TPSA) is 134 Å². The number of amidine groups is 2. The highest BCUT2D eigenvalue weighted by Gasteiger charge is 2.27. The summed E-state index contributed by atoms with van der Waals surface area (Å²) in [6, 6.07) is 8.22. The Morgan fingerprint density at radius 2 is 1.75 bits per heavy atom. The van der Waals surface area contributed by atoms with Crippen molar-refractivity contribution in [2.75, 3.05) is 4.90 Å². The SMILES string of the molecule is CC(C)c1cc(C(=N)N(C(=N)C(N)=O)c2ccc3c(c2)CCC3)c(O)cc1O. The lowest BCUT2D eigenvalue weighted by Crippen LogP contribution is -2.44. The van der Waals surface area contributed by atoms with Gasteiger partial charge in [0.1, 0.15) is 17.3 Å². The Balaban J connectivity index is 2.11. The molecule has 0 aromatic heterocycles. The number of phenols is 2. The van der Waals surface area contributed by atoms with E-state index in [9.17, 15) is 15.0 Å². The van der Waals surface area contributed by atoms with E-state index < -0.39 is 11.7 Å². The summed E-state index contributed by atoms with van der Waals surface area (Å²) in [6.07, 6.45) is 2.92. The number of rotatable bonds is 3. The minimum atomic E-state index is -0.979. The number of nitrogens with two attached hydrogens (primary N) is 1. The number of amides is 1. The van der Waals surface area contributed by atoms with Crippen LogP contribution in [0.1, 0.15) is 48.4 Å². The van der Waals surface area contributed by atoms with Gasteiger partial charge in [-0.25, -0.2) is 0 Å². The number of nitrogens with zero attached hydrogens (tertiary/aromatic N) is 1. The number of phenolic OH excluding ortho intramolecular Hbond substituents is 2. The molecule has 0 aliphatic heterocycles. The van der Waals surface area contributed by atoms with Gasteiger partial charge in [0.05, 0.1) is 5.56 Å². The average Bonchev–Trinajstić information content (AvgIpc) is 3.09. The predicted octanol–water partition coefficient (Wildman–Crippen LogP) is 3.00. The van der Waals surface area contributed by atoms with E-state index in [1.165, 1.54) is 17.7 Å². The Labute approximate surface area is 163 Å². The van der Waals surface area contributed by atoms with E-state index in [2.05, 4.69) is 0 Å². The molecule has 0 spiro atoms. The number of carbonyl (C=O) groups is 1. The summed E-state index contributed by atoms with van der Waals surface area (Å²) < 4.78 is 0. The van der Waals surface area contributed by atoms with Gasteiger partial charge < -0.3 is 15.9 Å². The summed E-state index contributed by atoms with van der Waals surface area (Å²) in [6.45, 7) is 3.76. The van der Waals surface area contributed by atoms with Crippen LogP contribution < -0.4 is 10.6 Å². The van der Waals surface area contributed by atoms with E-state index in [0.717, 1.165) is 29.7 Å². The van der Waals surface area contributed by atoms with Gasteiger partial charge in [0, 0.05) is 11.8 Å². The Kier molecular flexibility index (Phi) is 5.09. The molecule has 0 bridgehead atoms. The van der Waals surface area contributed by atoms with Crippen molar-refractivity contribution >= 4 is 23.3 Å². The Morgan fingerprint density at radius 1 is 1.07 bits per heavy atom. The van der Waals surface area contributed by atoms with Crippen molar-refractivity contribution in [1.82, 2.24) is 0 Å². The van der Waals surface area contributed by atoms with Crippen LogP contribution in [0.4, 0.5) is 5.69 Å². The lowest BCUT2D eigenvalue weighted by molar-refractivity contribution is -0.112. The summed E-state index contributed by atoms with van der Waals surface area (Å²) in [5, 5.41) is 37.2. The molecule has 1 amide bonds. The van der Waals surface area contributed by atoms with Crippen LogP contribution in [-0.4, -0.2) is 27.8 Å². The minimum Gasteiger partial charge on any atom is -0.508 e. The molecule has 0 heterocycles. The molecule has 7 nitrogen and oxygen atoms in total. The van der Waals surface area contributed by atoms with Gasteiger partial charge in [-0.05, 0) is 60.1 Å². The van der Waals surface area contributed by atoms with Crippen LogP contribution in [0, 0.1) is 10.8 Å². The maximum atomic E-state index is 11.8. The Morgan fingerprint density at radius 3 is 2.39 bits per heavy atom. The molecule has 1 aliphatic rings. The number of aromatic hydroxyl groups is 2. The molecule has 28 heavy (non-hydrogen) atoms. The number of hydrogen-bond acceptors (Lipinski definition) is 5. The first-order chi connectivity index (χ1) is 13.2. The summed E-state index contributed by atoms with van der Waals surface area (Å²) in [5.41, 5.74) is 8.80. The molecule has 1 aliphatic carbocycles. The molecule has 2 aromatic carbocycles. The molecule has 146 valence electrons. The fraction of sp³-hybridized carbons (Fsp3) is 0.286. The third kappa shape index (κ3) is 3.43. The second kappa shape index (κ2) is 7.34. The number of aryl methyl sites for hydroxylation is 2. The molecule has 2 aromatic rings. The van der Waals surface area contributed by atoms with Gasteiger partial charge >= 0.3 is 0 Å². The zero-order chi connectivity index (χ0) is 20.6. The molecule has 0 atom stereocenters. The van der Waals surface area contributed by atoms with Gasteiger partial charge in [0.2, 0.25) is 0 Å². The quantitative estimate of drug-likeness (QED) is 0.413. The zero-order valence-corrected chi connectivity index (χ0v) is 15.9. The summed E-state index contributed by atoms with van der Waals surface area (Å²) >= 11 is 0. The fourth-order valence-electron chi connectivity index (χ4n) is 3.54. The first kappa shape index (κ1) is 19.4. The fourth-order valence-corrected chi connectivity index (χ4v) is 3.54. The maximum Gasteiger partial charge on any atom is 0.284 e. The van der Waals surface area contributed by atoms with Crippen LogP contribution in [-0.2, 0) is 17.6 Å². The minimum absolute atomic E-state index is 0.0452. The monoisotopic (exact) mass is 380 g/mol. The number of hydrogen-bond donors (Lipinski definition) is 5. The van der Waals surface area contributed by atoms with Gasteiger partial charge in [0.25, 0.3) is 5.91 Å². The number of primary amides is 1. The lowest BCUT2D eigenvalue weighted by atomic mass is 9.98. The van der Waals surface area contributed by atoms with Gasteiger partial charge in [0.15, 0.2) is 5.84 Å². The van der Waals surface area contributed by atoms with Crippen molar-refractivity contribution in [1.29, 1.82) is 10.8 Å². The number of fused-ring (bicyclic) bond motifs is 1. The zero-order valence-electron chi connectivity index (χ0n) is 15.9. The molecule has 0 saturated heterocycles. The first-order valence-electron chi connectivity index (χ1n) is 9.15. The number of anilines is 1. The Bertz CT molecular complexity index is 982. The van der Waals surface area contributed by atoms with E-state index in [0.29, 0.717) is 11.3 Å². The van der Waals surface area contributed by atoms with Gasteiger partial charge in [-0.3, -0.25) is 20.5 Å². The predicted molar refractivity (Wildman–Crippen MR) is 109 cm³/mol. The molecule has 0 unspecified atom stereocenters. The van der Waals surface area contributed by atoms with Crippen molar-refractivity contribution in [3.63, 3.8) is 0 Å². The van der Waals surface area contributed by atoms with Crippen molar-refractivity contribution in [2.24, 2.45) is 5.73 Å². The standard InChI is InChI=1S/C21H24N4O3/c1-11(2)15-9-16(18(27)10-17(15)26)19(22)25(20(23)21(24)28)14-7-6-12-4-3-5-13(12)8-14/h6-11,22-23,26-27H,3-5H2,1-2H3,(H2,24,28). The third-order valence-electron chi connectivity index (χ3n) is 5.04. The van der Waals surface area contributed by atoms with Crippen molar-refractivity contribution in [2.45, 2.75) is 39.0 Å². The van der Waals surface area contributed by atoms with Gasteiger partial charge in [-0.2, -0.15) is 0 Å². The molecular formula is C21H24N4O3. The maximum absolute atomic E-state index is 11.8. The number of nitrogens with one attached hydrogen (secondary N) is 2. The van der Waals surface area contributed by atoms with Crippen LogP contribution in [0.5, 0.6) is 11.5 Å². The normalized spacial score (nSPS) is 12.7. The van der Waals surface area contributed by atoms with Gasteiger partial charge in [-0.15, -0.1) is 0 Å². The van der Waals surface area contributed by atoms with Crippen LogP contribution in [0.25, 0.3) is 0 Å².